The highest BCUT2D eigenvalue weighted by Crippen LogP contribution is 2.21. The number of carbonyl (C=O) groups is 2. The molecule has 0 aliphatic heterocycles. The maximum Gasteiger partial charge on any atom is 0.335 e. The molecule has 0 fully saturated rings. The monoisotopic (exact) mass is 312 g/mol. The molecular weight excluding hydrogens is 292 g/mol. The van der Waals surface area contributed by atoms with Gasteiger partial charge in [0.05, 0.1) is 5.56 Å². The first kappa shape index (κ1) is 17.3. The van der Waals surface area contributed by atoms with E-state index < -0.39 is 5.97 Å². The van der Waals surface area contributed by atoms with Gasteiger partial charge in [0.1, 0.15) is 0 Å². The van der Waals surface area contributed by atoms with Crippen molar-refractivity contribution < 1.29 is 14.7 Å². The van der Waals surface area contributed by atoms with Crippen LogP contribution in [0.3, 0.4) is 0 Å². The van der Waals surface area contributed by atoms with Crippen molar-refractivity contribution in [3.8, 4) is 0 Å². The van der Waals surface area contributed by atoms with Gasteiger partial charge in [0.25, 0.3) is 0 Å². The van der Waals surface area contributed by atoms with Crippen LogP contribution in [-0.4, -0.2) is 22.6 Å². The lowest BCUT2D eigenvalue weighted by Crippen LogP contribution is -2.48. The number of carboxylic acid groups (broad SMARTS) is 1. The molecule has 21 heavy (non-hydrogen) atoms. The van der Waals surface area contributed by atoms with Gasteiger partial charge in [0.15, 0.2) is 0 Å². The third-order valence-electron chi connectivity index (χ3n) is 3.81. The number of carboxylic acids is 1. The highest BCUT2D eigenvalue weighted by atomic mass is 35.5. The molecule has 1 rings (SSSR count). The normalized spacial score (nSPS) is 11.0. The van der Waals surface area contributed by atoms with Crippen LogP contribution in [0.2, 0.25) is 5.02 Å². The second-order valence-corrected chi connectivity index (χ2v) is 5.39. The van der Waals surface area contributed by atoms with Crippen LogP contribution in [0.25, 0.3) is 0 Å². The Labute approximate surface area is 129 Å². The lowest BCUT2D eigenvalue weighted by molar-refractivity contribution is 0.0697. The molecule has 0 aromatic heterocycles. The van der Waals surface area contributed by atoms with Gasteiger partial charge < -0.3 is 15.7 Å². The molecule has 116 valence electrons. The summed E-state index contributed by atoms with van der Waals surface area (Å²) in [6, 6.07) is 3.86. The average molecular weight is 313 g/mol. The van der Waals surface area contributed by atoms with Crippen LogP contribution in [0, 0.1) is 0 Å². The van der Waals surface area contributed by atoms with E-state index in [0.29, 0.717) is 5.69 Å². The largest absolute Gasteiger partial charge is 0.478 e. The van der Waals surface area contributed by atoms with Crippen molar-refractivity contribution in [2.75, 3.05) is 5.32 Å². The third-order valence-corrected chi connectivity index (χ3v) is 4.03. The molecule has 0 saturated carbocycles. The quantitative estimate of drug-likeness (QED) is 0.739. The molecule has 3 N–H and O–H groups in total. The van der Waals surface area contributed by atoms with Crippen LogP contribution in [0.4, 0.5) is 10.5 Å². The van der Waals surface area contributed by atoms with Crippen molar-refractivity contribution in [3.63, 3.8) is 0 Å². The summed E-state index contributed by atoms with van der Waals surface area (Å²) in [6.07, 6.45) is 2.47. The fraction of sp³-hybridized carbons (Fsp3) is 0.467. The first-order chi connectivity index (χ1) is 9.85. The Morgan fingerprint density at radius 1 is 1.14 bits per heavy atom. The SMILES string of the molecule is CCC(CC)(CC)NC(=O)Nc1cc(Cl)cc(C(=O)O)c1. The highest BCUT2D eigenvalue weighted by Gasteiger charge is 2.25. The number of halogens is 1. The minimum Gasteiger partial charge on any atom is -0.478 e. The summed E-state index contributed by atoms with van der Waals surface area (Å²) in [5.41, 5.74) is 0.137. The van der Waals surface area contributed by atoms with Crippen molar-refractivity contribution >= 4 is 29.3 Å². The maximum atomic E-state index is 12.1. The predicted octanol–water partition coefficient (Wildman–Crippen LogP) is 4.13. The minimum absolute atomic E-state index is 0.0329. The van der Waals surface area contributed by atoms with Crippen LogP contribution in [-0.2, 0) is 0 Å². The number of amides is 2. The summed E-state index contributed by atoms with van der Waals surface area (Å²) in [7, 11) is 0. The number of anilines is 1. The first-order valence-electron chi connectivity index (χ1n) is 6.98. The zero-order valence-electron chi connectivity index (χ0n) is 12.5. The molecule has 0 spiro atoms. The lowest BCUT2D eigenvalue weighted by atomic mass is 9.90. The number of benzene rings is 1. The van der Waals surface area contributed by atoms with Gasteiger partial charge in [-0.25, -0.2) is 9.59 Å². The van der Waals surface area contributed by atoms with Crippen LogP contribution >= 0.6 is 11.6 Å². The van der Waals surface area contributed by atoms with Gasteiger partial charge in [-0.1, -0.05) is 32.4 Å². The molecule has 2 amide bonds. The molecule has 6 heteroatoms. The number of carbonyl (C=O) groups excluding carboxylic acids is 1. The number of urea groups is 1. The summed E-state index contributed by atoms with van der Waals surface area (Å²) in [5, 5.41) is 14.8. The van der Waals surface area contributed by atoms with Crippen LogP contribution in [0.15, 0.2) is 18.2 Å². The molecule has 0 aliphatic rings. The van der Waals surface area contributed by atoms with Gasteiger partial charge in [-0.15, -0.1) is 0 Å². The van der Waals surface area contributed by atoms with Gasteiger partial charge >= 0.3 is 12.0 Å². The topological polar surface area (TPSA) is 78.4 Å². The summed E-state index contributed by atoms with van der Waals surface area (Å²) in [4.78, 5) is 23.1. The summed E-state index contributed by atoms with van der Waals surface area (Å²) in [6.45, 7) is 6.07. The molecule has 1 aromatic rings. The number of aromatic carboxylic acids is 1. The van der Waals surface area contributed by atoms with E-state index in [1.807, 2.05) is 20.8 Å². The van der Waals surface area contributed by atoms with Gasteiger partial charge in [0, 0.05) is 16.2 Å². The molecule has 1 aromatic carbocycles. The molecule has 0 aliphatic carbocycles. The third kappa shape index (κ3) is 4.63. The fourth-order valence-corrected chi connectivity index (χ4v) is 2.44. The van der Waals surface area contributed by atoms with Gasteiger partial charge in [0.2, 0.25) is 0 Å². The fourth-order valence-electron chi connectivity index (χ4n) is 2.20. The maximum absolute atomic E-state index is 12.1. The van der Waals surface area contributed by atoms with Crippen molar-refractivity contribution in [1.82, 2.24) is 5.32 Å². The minimum atomic E-state index is -1.09. The van der Waals surface area contributed by atoms with E-state index in [1.54, 1.807) is 0 Å². The predicted molar refractivity (Wildman–Crippen MR) is 84.2 cm³/mol. The summed E-state index contributed by atoms with van der Waals surface area (Å²) >= 11 is 5.86. The van der Waals surface area contributed by atoms with E-state index >= 15 is 0 Å². The van der Waals surface area contributed by atoms with E-state index in [9.17, 15) is 9.59 Å². The molecule has 0 bridgehead atoms. The Bertz CT molecular complexity index is 519. The molecule has 0 radical (unpaired) electrons. The van der Waals surface area contributed by atoms with Crippen molar-refractivity contribution in [3.05, 3.63) is 28.8 Å². The van der Waals surface area contributed by atoms with E-state index in [0.717, 1.165) is 19.3 Å². The molecule has 0 atom stereocenters. The average Bonchev–Trinajstić information content (AvgIpc) is 2.44. The summed E-state index contributed by atoms with van der Waals surface area (Å²) in [5.74, 6) is -1.09. The second kappa shape index (κ2) is 7.31. The number of hydrogen-bond donors (Lipinski definition) is 3. The van der Waals surface area contributed by atoms with Gasteiger partial charge in [-0.05, 0) is 37.5 Å². The Morgan fingerprint density at radius 2 is 1.71 bits per heavy atom. The second-order valence-electron chi connectivity index (χ2n) is 4.95. The standard InChI is InChI=1S/C15H21ClN2O3/c1-4-15(5-2,6-3)18-14(21)17-12-8-10(13(19)20)7-11(16)9-12/h7-9H,4-6H2,1-3H3,(H,19,20)(H2,17,18,21). The molecule has 0 saturated heterocycles. The smallest absolute Gasteiger partial charge is 0.335 e. The Kier molecular flexibility index (Phi) is 6.03. The zero-order chi connectivity index (χ0) is 16.0. The molecule has 5 nitrogen and oxygen atoms in total. The van der Waals surface area contributed by atoms with Crippen molar-refractivity contribution in [2.45, 2.75) is 45.6 Å². The number of nitrogens with one attached hydrogen (secondary N) is 2. The Morgan fingerprint density at radius 3 is 2.19 bits per heavy atom. The Balaban J connectivity index is 2.86. The molecular formula is C15H21ClN2O3. The van der Waals surface area contributed by atoms with E-state index in [2.05, 4.69) is 10.6 Å². The van der Waals surface area contributed by atoms with E-state index in [1.165, 1.54) is 18.2 Å². The summed E-state index contributed by atoms with van der Waals surface area (Å²) < 4.78 is 0. The van der Waals surface area contributed by atoms with Gasteiger partial charge in [-0.2, -0.15) is 0 Å². The van der Waals surface area contributed by atoms with Crippen LogP contribution in [0.1, 0.15) is 50.4 Å². The van der Waals surface area contributed by atoms with Crippen molar-refractivity contribution in [2.24, 2.45) is 0 Å². The lowest BCUT2D eigenvalue weighted by Gasteiger charge is -2.31. The van der Waals surface area contributed by atoms with Gasteiger partial charge in [-0.3, -0.25) is 0 Å². The number of hydrogen-bond acceptors (Lipinski definition) is 2. The number of rotatable bonds is 6. The zero-order valence-corrected chi connectivity index (χ0v) is 13.3. The highest BCUT2D eigenvalue weighted by molar-refractivity contribution is 6.31. The van der Waals surface area contributed by atoms with Crippen molar-refractivity contribution in [1.29, 1.82) is 0 Å². The van der Waals surface area contributed by atoms with Crippen LogP contribution in [0.5, 0.6) is 0 Å². The first-order valence-corrected chi connectivity index (χ1v) is 7.36. The van der Waals surface area contributed by atoms with E-state index in [-0.39, 0.29) is 22.2 Å². The molecule has 0 unspecified atom stereocenters. The van der Waals surface area contributed by atoms with E-state index in [4.69, 9.17) is 16.7 Å². The molecule has 0 heterocycles. The Hall–Kier alpha value is -1.75. The van der Waals surface area contributed by atoms with Crippen LogP contribution < -0.4 is 10.6 Å².